The summed E-state index contributed by atoms with van der Waals surface area (Å²) < 4.78 is 24.7. The van der Waals surface area contributed by atoms with Gasteiger partial charge in [0.25, 0.3) is 0 Å². The minimum Gasteiger partial charge on any atom is -0.460 e. The molecule has 0 heterocycles. The molecule has 10 heteroatoms. The molecule has 0 atom stereocenters. The van der Waals surface area contributed by atoms with Crippen LogP contribution in [0.3, 0.4) is 0 Å². The van der Waals surface area contributed by atoms with Gasteiger partial charge in [-0.05, 0) is 12.5 Å². The number of aliphatic hydroxyl groups excluding tert-OH is 2. The Morgan fingerprint density at radius 2 is 1.25 bits per heavy atom. The first-order valence-corrected chi connectivity index (χ1v) is 10.4. The number of ether oxygens (including phenoxy) is 5. The molecule has 0 radical (unpaired) electrons. The summed E-state index contributed by atoms with van der Waals surface area (Å²) in [5.74, 6) is -0.752. The summed E-state index contributed by atoms with van der Waals surface area (Å²) in [6.07, 6.45) is -1.57. The van der Waals surface area contributed by atoms with Crippen molar-refractivity contribution in [2.45, 2.75) is 40.2 Å². The first-order chi connectivity index (χ1) is 15.4. The topological polar surface area (TPSA) is 138 Å². The summed E-state index contributed by atoms with van der Waals surface area (Å²) in [6.45, 7) is 4.06. The lowest BCUT2D eigenvalue weighted by Crippen LogP contribution is -2.40. The van der Waals surface area contributed by atoms with E-state index in [1.54, 1.807) is 24.3 Å². The number of esters is 1. The molecule has 2 N–H and O–H groups in total. The summed E-state index contributed by atoms with van der Waals surface area (Å²) in [5.41, 5.74) is -0.761. The van der Waals surface area contributed by atoms with Gasteiger partial charge in [-0.3, -0.25) is 4.79 Å². The lowest BCUT2D eigenvalue weighted by molar-refractivity contribution is -0.162. The van der Waals surface area contributed by atoms with Gasteiger partial charge in [0.1, 0.15) is 25.2 Å². The predicted molar refractivity (Wildman–Crippen MR) is 114 cm³/mol. The fraction of sp³-hybridized carbons (Fsp3) is 0.591. The van der Waals surface area contributed by atoms with E-state index in [0.29, 0.717) is 0 Å². The van der Waals surface area contributed by atoms with Gasteiger partial charge in [-0.2, -0.15) is 0 Å². The molecule has 1 aromatic rings. The highest BCUT2D eigenvalue weighted by Crippen LogP contribution is 2.22. The maximum Gasteiger partial charge on any atom is 0.508 e. The monoisotopic (exact) mass is 458 g/mol. The molecule has 182 valence electrons. The molecule has 0 fully saturated rings. The normalized spacial score (nSPS) is 10.3. The number of benzene rings is 1. The molecule has 0 spiro atoms. The zero-order chi connectivity index (χ0) is 24.2. The van der Waals surface area contributed by atoms with Gasteiger partial charge in [0.05, 0.1) is 13.2 Å². The molecule has 0 aliphatic carbocycles. The van der Waals surface area contributed by atoms with Crippen molar-refractivity contribution in [1.82, 2.24) is 0 Å². The second-order valence-corrected chi connectivity index (χ2v) is 6.55. The maximum absolute atomic E-state index is 12.6. The molecular formula is C22H34O10. The Balaban J connectivity index is 0.00000466. The van der Waals surface area contributed by atoms with Crippen LogP contribution in [0.15, 0.2) is 30.3 Å². The highest BCUT2D eigenvalue weighted by Gasteiger charge is 2.39. The minimum absolute atomic E-state index is 0.0167. The molecule has 0 amide bonds. The lowest BCUT2D eigenvalue weighted by atomic mass is 9.93. The van der Waals surface area contributed by atoms with Gasteiger partial charge in [-0.25, -0.2) is 9.59 Å². The molecule has 0 aliphatic rings. The molecule has 0 bridgehead atoms. The van der Waals surface area contributed by atoms with Crippen molar-refractivity contribution in [2.75, 3.05) is 39.6 Å². The van der Waals surface area contributed by atoms with Crippen LogP contribution in [-0.2, 0) is 35.1 Å². The summed E-state index contributed by atoms with van der Waals surface area (Å²) >= 11 is 0. The number of rotatable bonds is 13. The van der Waals surface area contributed by atoms with E-state index < -0.39 is 36.9 Å². The molecule has 0 saturated carbocycles. The second-order valence-electron chi connectivity index (χ2n) is 6.55. The highest BCUT2D eigenvalue weighted by molar-refractivity contribution is 5.77. The van der Waals surface area contributed by atoms with E-state index >= 15 is 0 Å². The number of carbonyl (C=O) groups is 3. The van der Waals surface area contributed by atoms with Crippen LogP contribution in [0.5, 0.6) is 0 Å². The minimum atomic E-state index is -1.51. The van der Waals surface area contributed by atoms with Crippen LogP contribution >= 0.6 is 0 Å². The summed E-state index contributed by atoms with van der Waals surface area (Å²) in [6, 6.07) is 8.95. The smallest absolute Gasteiger partial charge is 0.460 e. The highest BCUT2D eigenvalue weighted by atomic mass is 16.7. The number of carbonyl (C=O) groups excluding carboxylic acids is 3. The quantitative estimate of drug-likeness (QED) is 0.258. The van der Waals surface area contributed by atoms with E-state index in [4.69, 9.17) is 33.9 Å². The third kappa shape index (κ3) is 12.8. The average molecular weight is 459 g/mol. The number of aliphatic hydroxyl groups is 2. The molecule has 0 aromatic heterocycles. The van der Waals surface area contributed by atoms with Crippen LogP contribution in [0.2, 0.25) is 0 Å². The van der Waals surface area contributed by atoms with Crippen molar-refractivity contribution in [2.24, 2.45) is 5.41 Å². The Hall–Kier alpha value is -2.85. The Morgan fingerprint density at radius 3 is 1.69 bits per heavy atom. The van der Waals surface area contributed by atoms with Crippen molar-refractivity contribution in [1.29, 1.82) is 0 Å². The zero-order valence-electron chi connectivity index (χ0n) is 18.9. The van der Waals surface area contributed by atoms with Crippen LogP contribution in [0, 0.1) is 5.41 Å². The van der Waals surface area contributed by atoms with Crippen LogP contribution < -0.4 is 0 Å². The van der Waals surface area contributed by atoms with Gasteiger partial charge in [0.15, 0.2) is 0 Å². The molecular weight excluding hydrogens is 424 g/mol. The molecule has 0 aliphatic heterocycles. The molecule has 32 heavy (non-hydrogen) atoms. The van der Waals surface area contributed by atoms with Crippen molar-refractivity contribution >= 4 is 18.3 Å². The maximum atomic E-state index is 12.6. The van der Waals surface area contributed by atoms with Crippen molar-refractivity contribution < 1.29 is 48.3 Å². The van der Waals surface area contributed by atoms with Crippen molar-refractivity contribution in [3.63, 3.8) is 0 Å². The largest absolute Gasteiger partial charge is 0.508 e. The van der Waals surface area contributed by atoms with E-state index in [0.717, 1.165) is 5.56 Å². The summed E-state index contributed by atoms with van der Waals surface area (Å²) in [5, 5.41) is 17.4. The number of hydrogen-bond acceptors (Lipinski definition) is 10. The van der Waals surface area contributed by atoms with E-state index in [9.17, 15) is 14.4 Å². The molecule has 1 rings (SSSR count). The Kier molecular flexibility index (Phi) is 16.2. The summed E-state index contributed by atoms with van der Waals surface area (Å²) in [4.78, 5) is 35.9. The van der Waals surface area contributed by atoms with E-state index in [2.05, 4.69) is 0 Å². The third-order valence-corrected chi connectivity index (χ3v) is 3.77. The van der Waals surface area contributed by atoms with E-state index in [-0.39, 0.29) is 45.9 Å². The predicted octanol–water partition coefficient (Wildman–Crippen LogP) is 2.83. The molecule has 0 unspecified atom stereocenters. The molecule has 10 nitrogen and oxygen atoms in total. The average Bonchev–Trinajstić information content (AvgIpc) is 2.82. The first-order valence-electron chi connectivity index (χ1n) is 10.4. The van der Waals surface area contributed by atoms with Gasteiger partial charge < -0.3 is 33.9 Å². The fourth-order valence-electron chi connectivity index (χ4n) is 2.02. The molecule has 0 saturated heterocycles. The van der Waals surface area contributed by atoms with Crippen LogP contribution in [0.1, 0.15) is 39.2 Å². The van der Waals surface area contributed by atoms with Crippen LogP contribution in [0.4, 0.5) is 9.59 Å². The Morgan fingerprint density at radius 1 is 0.781 bits per heavy atom. The van der Waals surface area contributed by atoms with Crippen LogP contribution in [0.25, 0.3) is 0 Å². The summed E-state index contributed by atoms with van der Waals surface area (Å²) in [7, 11) is 0. The van der Waals surface area contributed by atoms with Gasteiger partial charge in [-0.1, -0.05) is 44.2 Å². The van der Waals surface area contributed by atoms with Gasteiger partial charge in [0, 0.05) is 26.1 Å². The van der Waals surface area contributed by atoms with E-state index in [1.807, 2.05) is 19.9 Å². The third-order valence-electron chi connectivity index (χ3n) is 3.77. The zero-order valence-corrected chi connectivity index (χ0v) is 18.9. The SMILES string of the molecule is CC.CC(COC(=O)OCCCO)(COC(=O)OCCCO)C(=O)OCc1ccccc1. The lowest BCUT2D eigenvalue weighted by Gasteiger charge is -2.26. The van der Waals surface area contributed by atoms with Gasteiger partial charge in [0.2, 0.25) is 0 Å². The second kappa shape index (κ2) is 17.8. The fourth-order valence-corrected chi connectivity index (χ4v) is 2.02. The Bertz CT molecular complexity index is 621. The van der Waals surface area contributed by atoms with Gasteiger partial charge >= 0.3 is 18.3 Å². The standard InChI is InChI=1S/C20H28O10.C2H6/c1-20(14-29-18(24)26-11-5-9-21,15-30-19(25)27-12-6-10-22)17(23)28-13-16-7-3-2-4-8-16;1-2/h2-4,7-8,21-22H,5-6,9-15H2,1H3;1-2H3. The van der Waals surface area contributed by atoms with E-state index in [1.165, 1.54) is 6.92 Å². The van der Waals surface area contributed by atoms with Crippen LogP contribution in [-0.4, -0.2) is 68.1 Å². The van der Waals surface area contributed by atoms with Crippen molar-refractivity contribution in [3.8, 4) is 0 Å². The Labute approximate surface area is 188 Å². The number of hydrogen-bond donors (Lipinski definition) is 2. The van der Waals surface area contributed by atoms with Crippen molar-refractivity contribution in [3.05, 3.63) is 35.9 Å². The first kappa shape index (κ1) is 29.1. The molecule has 1 aromatic carbocycles. The van der Waals surface area contributed by atoms with Gasteiger partial charge in [-0.15, -0.1) is 0 Å².